The molecule has 7 heteroatoms. The monoisotopic (exact) mass is 369 g/mol. The largest absolute Gasteiger partial charge is 0.541 e. The first-order valence-corrected chi connectivity index (χ1v) is 11.7. The average molecular weight is 370 g/mol. The highest BCUT2D eigenvalue weighted by molar-refractivity contribution is 6.74. The van der Waals surface area contributed by atoms with Gasteiger partial charge < -0.3 is 13.7 Å². The SMILES string of the molecule is CC1(C)OB(c2ccc(O[Si](C)(C)C(C)(C)C)c(Cl)n2)OC1(C)C. The quantitative estimate of drug-likeness (QED) is 0.584. The fourth-order valence-corrected chi connectivity index (χ4v) is 3.32. The number of rotatable bonds is 3. The molecule has 24 heavy (non-hydrogen) atoms. The first-order chi connectivity index (χ1) is 10.7. The Hall–Kier alpha value is -0.558. The molecule has 0 radical (unpaired) electrons. The zero-order valence-electron chi connectivity index (χ0n) is 16.3. The van der Waals surface area contributed by atoms with E-state index in [1.165, 1.54) is 0 Å². The third-order valence-corrected chi connectivity index (χ3v) is 10.1. The molecule has 0 atom stereocenters. The van der Waals surface area contributed by atoms with Crippen molar-refractivity contribution in [3.05, 3.63) is 17.3 Å². The Labute approximate surface area is 152 Å². The van der Waals surface area contributed by atoms with Crippen LogP contribution in [0, 0.1) is 0 Å². The molecule has 0 saturated carbocycles. The van der Waals surface area contributed by atoms with Crippen molar-refractivity contribution in [2.75, 3.05) is 0 Å². The van der Waals surface area contributed by atoms with E-state index in [9.17, 15) is 0 Å². The highest BCUT2D eigenvalue weighted by Gasteiger charge is 2.52. The van der Waals surface area contributed by atoms with Gasteiger partial charge in [-0.2, -0.15) is 0 Å². The van der Waals surface area contributed by atoms with Crippen molar-refractivity contribution in [3.8, 4) is 5.75 Å². The molecule has 0 spiro atoms. The maximum atomic E-state index is 6.38. The van der Waals surface area contributed by atoms with Crippen molar-refractivity contribution in [2.24, 2.45) is 0 Å². The van der Waals surface area contributed by atoms with Crippen LogP contribution in [0.4, 0.5) is 0 Å². The molecule has 1 aromatic rings. The van der Waals surface area contributed by atoms with Crippen LogP contribution in [-0.4, -0.2) is 31.6 Å². The summed E-state index contributed by atoms with van der Waals surface area (Å²) in [6.45, 7) is 19.0. The van der Waals surface area contributed by atoms with Gasteiger partial charge in [-0.25, -0.2) is 4.98 Å². The van der Waals surface area contributed by atoms with E-state index in [0.717, 1.165) is 0 Å². The molecular weight excluding hydrogens is 341 g/mol. The van der Waals surface area contributed by atoms with Crippen LogP contribution in [0.2, 0.25) is 23.3 Å². The Morgan fingerprint density at radius 2 is 1.58 bits per heavy atom. The van der Waals surface area contributed by atoms with E-state index in [0.29, 0.717) is 16.5 Å². The van der Waals surface area contributed by atoms with E-state index in [1.807, 2.05) is 39.8 Å². The minimum atomic E-state index is -1.96. The van der Waals surface area contributed by atoms with Crippen molar-refractivity contribution in [1.82, 2.24) is 4.98 Å². The number of nitrogens with zero attached hydrogens (tertiary/aromatic N) is 1. The second-order valence-corrected chi connectivity index (χ2v) is 14.1. The molecule has 1 fully saturated rings. The maximum absolute atomic E-state index is 6.38. The highest BCUT2D eigenvalue weighted by Crippen LogP contribution is 2.39. The minimum Gasteiger partial charge on any atom is -0.541 e. The Balaban J connectivity index is 2.23. The summed E-state index contributed by atoms with van der Waals surface area (Å²) in [6.07, 6.45) is 0. The van der Waals surface area contributed by atoms with Gasteiger partial charge in [-0.1, -0.05) is 32.4 Å². The normalized spacial score (nSPS) is 20.3. The van der Waals surface area contributed by atoms with Gasteiger partial charge in [0.25, 0.3) is 8.32 Å². The van der Waals surface area contributed by atoms with Crippen molar-refractivity contribution >= 4 is 32.6 Å². The lowest BCUT2D eigenvalue weighted by Crippen LogP contribution is -2.44. The zero-order chi connectivity index (χ0) is 18.6. The van der Waals surface area contributed by atoms with Gasteiger partial charge in [0, 0.05) is 0 Å². The van der Waals surface area contributed by atoms with Gasteiger partial charge in [-0.3, -0.25) is 0 Å². The van der Waals surface area contributed by atoms with E-state index in [1.54, 1.807) is 0 Å². The summed E-state index contributed by atoms with van der Waals surface area (Å²) in [4.78, 5) is 4.47. The smallest absolute Gasteiger partial charge is 0.514 e. The standard InChI is InChI=1S/C17H29BClNO3Si/c1-15(2,3)24(8,9)21-12-10-11-13(20-14(12)19)18-22-16(4,5)17(6,7)23-18/h10-11H,1-9H3. The molecule has 134 valence electrons. The van der Waals surface area contributed by atoms with Crippen LogP contribution >= 0.6 is 11.6 Å². The van der Waals surface area contributed by atoms with Crippen LogP contribution < -0.4 is 10.0 Å². The number of pyridine rings is 1. The molecule has 0 aromatic carbocycles. The molecule has 2 rings (SSSR count). The first-order valence-electron chi connectivity index (χ1n) is 8.37. The molecule has 0 aliphatic carbocycles. The molecule has 0 unspecified atom stereocenters. The third-order valence-electron chi connectivity index (χ3n) is 5.50. The lowest BCUT2D eigenvalue weighted by molar-refractivity contribution is 0.00578. The number of hydrogen-bond donors (Lipinski definition) is 0. The molecule has 0 bridgehead atoms. The summed E-state index contributed by atoms with van der Waals surface area (Å²) in [6, 6.07) is 3.74. The Kier molecular flexibility index (Phi) is 4.95. The maximum Gasteiger partial charge on any atom is 0.514 e. The molecule has 1 aromatic heterocycles. The number of hydrogen-bond acceptors (Lipinski definition) is 4. The van der Waals surface area contributed by atoms with Crippen molar-refractivity contribution in [2.45, 2.75) is 77.8 Å². The van der Waals surface area contributed by atoms with Crippen LogP contribution in [0.5, 0.6) is 5.75 Å². The molecule has 0 N–H and O–H groups in total. The fourth-order valence-electron chi connectivity index (χ4n) is 2.03. The lowest BCUT2D eigenvalue weighted by Gasteiger charge is -2.36. The van der Waals surface area contributed by atoms with Gasteiger partial charge in [0.2, 0.25) is 0 Å². The summed E-state index contributed by atoms with van der Waals surface area (Å²) in [5.74, 6) is 0.628. The Morgan fingerprint density at radius 3 is 2.00 bits per heavy atom. The van der Waals surface area contributed by atoms with Gasteiger partial charge >= 0.3 is 7.12 Å². The van der Waals surface area contributed by atoms with E-state index in [2.05, 4.69) is 38.8 Å². The van der Waals surface area contributed by atoms with E-state index in [-0.39, 0.29) is 5.04 Å². The molecule has 1 saturated heterocycles. The van der Waals surface area contributed by atoms with Crippen LogP contribution in [-0.2, 0) is 9.31 Å². The summed E-state index contributed by atoms with van der Waals surface area (Å²) < 4.78 is 18.3. The first kappa shape index (κ1) is 19.8. The topological polar surface area (TPSA) is 40.6 Å². The van der Waals surface area contributed by atoms with Crippen molar-refractivity contribution < 1.29 is 13.7 Å². The Bertz CT molecular complexity index is 613. The van der Waals surface area contributed by atoms with Crippen LogP contribution in [0.25, 0.3) is 0 Å². The highest BCUT2D eigenvalue weighted by atomic mass is 35.5. The second kappa shape index (κ2) is 6.01. The average Bonchev–Trinajstić information content (AvgIpc) is 2.59. The van der Waals surface area contributed by atoms with Crippen LogP contribution in [0.15, 0.2) is 12.1 Å². The molecular formula is C17H29BClNO3Si. The van der Waals surface area contributed by atoms with Gasteiger partial charge in [0.05, 0.1) is 16.8 Å². The van der Waals surface area contributed by atoms with E-state index < -0.39 is 26.6 Å². The van der Waals surface area contributed by atoms with Crippen LogP contribution in [0.3, 0.4) is 0 Å². The summed E-state index contributed by atoms with van der Waals surface area (Å²) in [5, 5.41) is 0.452. The zero-order valence-corrected chi connectivity index (χ0v) is 18.0. The Morgan fingerprint density at radius 1 is 1.08 bits per heavy atom. The molecule has 1 aliphatic heterocycles. The molecule has 2 heterocycles. The van der Waals surface area contributed by atoms with Gasteiger partial charge in [-0.05, 0) is 58.0 Å². The van der Waals surface area contributed by atoms with Gasteiger partial charge in [0.15, 0.2) is 5.15 Å². The second-order valence-electron chi connectivity index (χ2n) is 8.98. The van der Waals surface area contributed by atoms with E-state index in [4.69, 9.17) is 25.3 Å². The predicted octanol–water partition coefficient (Wildman–Crippen LogP) is 4.42. The van der Waals surface area contributed by atoms with Crippen molar-refractivity contribution in [1.29, 1.82) is 0 Å². The van der Waals surface area contributed by atoms with Crippen molar-refractivity contribution in [3.63, 3.8) is 0 Å². The van der Waals surface area contributed by atoms with Crippen LogP contribution in [0.1, 0.15) is 48.5 Å². The fraction of sp³-hybridized carbons (Fsp3) is 0.706. The summed E-state index contributed by atoms with van der Waals surface area (Å²) in [7, 11) is -2.48. The number of aromatic nitrogens is 1. The van der Waals surface area contributed by atoms with Gasteiger partial charge in [-0.15, -0.1) is 0 Å². The third kappa shape index (κ3) is 3.67. The molecule has 1 aliphatic rings. The predicted molar refractivity (Wildman–Crippen MR) is 103 cm³/mol. The number of halogens is 1. The summed E-state index contributed by atoms with van der Waals surface area (Å²) >= 11 is 6.38. The molecule has 4 nitrogen and oxygen atoms in total. The van der Waals surface area contributed by atoms with Gasteiger partial charge in [0.1, 0.15) is 5.75 Å². The van der Waals surface area contributed by atoms with E-state index >= 15 is 0 Å². The lowest BCUT2D eigenvalue weighted by atomic mass is 9.84. The summed E-state index contributed by atoms with van der Waals surface area (Å²) in [5.41, 5.74) is -0.134. The minimum absolute atomic E-state index is 0.0979. The molecule has 0 amide bonds.